The second kappa shape index (κ2) is 9.26. The van der Waals surface area contributed by atoms with E-state index in [-0.39, 0.29) is 23.3 Å². The molecule has 0 atom stereocenters. The maximum absolute atomic E-state index is 12.7. The van der Waals surface area contributed by atoms with Gasteiger partial charge in [-0.05, 0) is 25.0 Å². The number of hydrogen-bond acceptors (Lipinski definition) is 6. The lowest BCUT2D eigenvalue weighted by Crippen LogP contribution is -2.46. The third kappa shape index (κ3) is 4.59. The Morgan fingerprint density at radius 1 is 0.935 bits per heavy atom. The van der Waals surface area contributed by atoms with Gasteiger partial charge >= 0.3 is 0 Å². The summed E-state index contributed by atoms with van der Waals surface area (Å²) in [4.78, 5) is 40.5. The van der Waals surface area contributed by atoms with E-state index in [1.165, 1.54) is 6.07 Å². The molecule has 0 unspecified atom stereocenters. The van der Waals surface area contributed by atoms with Gasteiger partial charge in [-0.1, -0.05) is 30.3 Å². The van der Waals surface area contributed by atoms with E-state index in [0.717, 1.165) is 0 Å². The zero-order chi connectivity index (χ0) is 21.8. The number of piperidine rings is 1. The average molecular weight is 423 g/mol. The zero-order valence-corrected chi connectivity index (χ0v) is 17.2. The lowest BCUT2D eigenvalue weighted by Gasteiger charge is -2.36. The molecule has 0 saturated carbocycles. The van der Waals surface area contributed by atoms with Gasteiger partial charge < -0.3 is 14.5 Å². The van der Waals surface area contributed by atoms with Gasteiger partial charge in [0.25, 0.3) is 5.69 Å². The van der Waals surface area contributed by atoms with Gasteiger partial charge in [0, 0.05) is 49.3 Å². The summed E-state index contributed by atoms with van der Waals surface area (Å²) < 4.78 is 5.31. The second-order valence-electron chi connectivity index (χ2n) is 7.85. The Hall–Kier alpha value is -3.26. The Morgan fingerprint density at radius 2 is 1.61 bits per heavy atom. The molecule has 2 saturated heterocycles. The van der Waals surface area contributed by atoms with Gasteiger partial charge in [-0.2, -0.15) is 0 Å². The number of rotatable bonds is 5. The fourth-order valence-electron chi connectivity index (χ4n) is 4.24. The van der Waals surface area contributed by atoms with Crippen molar-refractivity contribution in [3.63, 3.8) is 0 Å². The molecule has 2 heterocycles. The Kier molecular flexibility index (Phi) is 6.27. The van der Waals surface area contributed by atoms with Crippen LogP contribution in [0.3, 0.4) is 0 Å². The molecule has 2 fully saturated rings. The number of hydrogen-bond donors (Lipinski definition) is 0. The van der Waals surface area contributed by atoms with Gasteiger partial charge in [-0.3, -0.25) is 19.7 Å². The van der Waals surface area contributed by atoms with Crippen LogP contribution in [-0.4, -0.2) is 60.9 Å². The quantitative estimate of drug-likeness (QED) is 0.417. The first-order chi connectivity index (χ1) is 15.0. The fourth-order valence-corrected chi connectivity index (χ4v) is 4.24. The molecule has 2 aliphatic rings. The highest BCUT2D eigenvalue weighted by atomic mass is 16.6. The van der Waals surface area contributed by atoms with Crippen molar-refractivity contribution in [2.75, 3.05) is 44.3 Å². The minimum absolute atomic E-state index is 0.0627. The molecule has 2 aromatic carbocycles. The third-order valence-electron chi connectivity index (χ3n) is 5.98. The normalized spacial score (nSPS) is 17.4. The molecular formula is C23H25N3O5. The van der Waals surface area contributed by atoms with Crippen LogP contribution in [0.25, 0.3) is 0 Å². The molecule has 0 aliphatic carbocycles. The van der Waals surface area contributed by atoms with E-state index >= 15 is 0 Å². The Bertz CT molecular complexity index is 964. The molecular weight excluding hydrogens is 398 g/mol. The van der Waals surface area contributed by atoms with E-state index in [9.17, 15) is 19.7 Å². The summed E-state index contributed by atoms with van der Waals surface area (Å²) in [6, 6.07) is 13.4. The van der Waals surface area contributed by atoms with E-state index in [2.05, 4.69) is 0 Å². The number of nitro benzene ring substituents is 1. The molecule has 0 spiro atoms. The zero-order valence-electron chi connectivity index (χ0n) is 17.2. The maximum atomic E-state index is 12.7. The van der Waals surface area contributed by atoms with Gasteiger partial charge in [-0.15, -0.1) is 0 Å². The van der Waals surface area contributed by atoms with Gasteiger partial charge in [-0.25, -0.2) is 0 Å². The molecule has 0 bridgehead atoms. The van der Waals surface area contributed by atoms with Crippen molar-refractivity contribution in [1.82, 2.24) is 4.90 Å². The number of carbonyl (C=O) groups excluding carboxylic acids is 2. The van der Waals surface area contributed by atoms with Crippen molar-refractivity contribution >= 4 is 23.1 Å². The molecule has 2 aromatic rings. The van der Waals surface area contributed by atoms with E-state index < -0.39 is 4.92 Å². The van der Waals surface area contributed by atoms with Crippen LogP contribution < -0.4 is 4.90 Å². The molecule has 8 nitrogen and oxygen atoms in total. The van der Waals surface area contributed by atoms with Crippen molar-refractivity contribution in [3.05, 3.63) is 69.8 Å². The number of morpholine rings is 1. The summed E-state index contributed by atoms with van der Waals surface area (Å²) >= 11 is 0. The van der Waals surface area contributed by atoms with Crippen LogP contribution in [0.1, 0.15) is 28.8 Å². The van der Waals surface area contributed by atoms with Gasteiger partial charge in [0.1, 0.15) is 5.69 Å². The number of ketones is 1. The number of anilines is 1. The van der Waals surface area contributed by atoms with Gasteiger partial charge in [0.2, 0.25) is 5.91 Å². The summed E-state index contributed by atoms with van der Waals surface area (Å²) in [7, 11) is 0. The van der Waals surface area contributed by atoms with Crippen LogP contribution in [-0.2, 0) is 9.53 Å². The number of nitro groups is 1. The smallest absolute Gasteiger partial charge is 0.293 e. The summed E-state index contributed by atoms with van der Waals surface area (Å²) in [5.74, 6) is -0.154. The Balaban J connectivity index is 1.47. The fraction of sp³-hybridized carbons (Fsp3) is 0.391. The number of carbonyl (C=O) groups is 2. The maximum Gasteiger partial charge on any atom is 0.293 e. The molecule has 31 heavy (non-hydrogen) atoms. The summed E-state index contributed by atoms with van der Waals surface area (Å²) in [6.45, 7) is 3.53. The van der Waals surface area contributed by atoms with Crippen molar-refractivity contribution in [3.8, 4) is 0 Å². The lowest BCUT2D eigenvalue weighted by molar-refractivity contribution is -0.384. The highest BCUT2D eigenvalue weighted by molar-refractivity contribution is 6.09. The summed E-state index contributed by atoms with van der Waals surface area (Å²) in [6.07, 6.45) is 1.30. The average Bonchev–Trinajstić information content (AvgIpc) is 2.84. The number of benzene rings is 2. The predicted molar refractivity (Wildman–Crippen MR) is 115 cm³/mol. The number of ether oxygens (including phenoxy) is 1. The summed E-state index contributed by atoms with van der Waals surface area (Å²) in [5, 5.41) is 11.7. The van der Waals surface area contributed by atoms with Crippen LogP contribution in [0.5, 0.6) is 0 Å². The van der Waals surface area contributed by atoms with Gasteiger partial charge in [0.05, 0.1) is 18.1 Å². The number of nitrogens with zero attached hydrogens (tertiary/aromatic N) is 3. The highest BCUT2D eigenvalue weighted by Crippen LogP contribution is 2.33. The van der Waals surface area contributed by atoms with Crippen molar-refractivity contribution in [2.24, 2.45) is 5.92 Å². The minimum Gasteiger partial charge on any atom is -0.378 e. The monoisotopic (exact) mass is 423 g/mol. The minimum atomic E-state index is -0.442. The highest BCUT2D eigenvalue weighted by Gasteiger charge is 2.31. The molecule has 0 radical (unpaired) electrons. The van der Waals surface area contributed by atoms with E-state index in [1.807, 2.05) is 15.9 Å². The number of amides is 1. The van der Waals surface area contributed by atoms with Gasteiger partial charge in [0.15, 0.2) is 5.78 Å². The van der Waals surface area contributed by atoms with Crippen molar-refractivity contribution < 1.29 is 19.2 Å². The van der Waals surface area contributed by atoms with Crippen LogP contribution in [0.15, 0.2) is 48.5 Å². The van der Waals surface area contributed by atoms with Crippen molar-refractivity contribution in [1.29, 1.82) is 0 Å². The van der Waals surface area contributed by atoms with Crippen LogP contribution in [0.2, 0.25) is 0 Å². The molecule has 8 heteroatoms. The van der Waals surface area contributed by atoms with E-state index in [1.54, 1.807) is 36.4 Å². The molecule has 0 aromatic heterocycles. The van der Waals surface area contributed by atoms with Crippen LogP contribution >= 0.6 is 0 Å². The molecule has 0 N–H and O–H groups in total. The first-order valence-corrected chi connectivity index (χ1v) is 10.5. The SMILES string of the molecule is O=C(c1ccccc1)c1ccc(N2CCC(C(=O)N3CCOCC3)CC2)c([N+](=O)[O-])c1. The molecule has 1 amide bonds. The van der Waals surface area contributed by atoms with Crippen molar-refractivity contribution in [2.45, 2.75) is 12.8 Å². The van der Waals surface area contributed by atoms with E-state index in [4.69, 9.17) is 4.74 Å². The largest absolute Gasteiger partial charge is 0.378 e. The van der Waals surface area contributed by atoms with E-state index in [0.29, 0.717) is 69.0 Å². The Morgan fingerprint density at radius 3 is 2.26 bits per heavy atom. The predicted octanol–water partition coefficient (Wildman–Crippen LogP) is 2.90. The first kappa shape index (κ1) is 21.0. The second-order valence-corrected chi connectivity index (χ2v) is 7.85. The lowest BCUT2D eigenvalue weighted by atomic mass is 9.94. The Labute approximate surface area is 180 Å². The standard InChI is InChI=1S/C23H25N3O5/c27-22(17-4-2-1-3-5-17)19-6-7-20(21(16-19)26(29)30)24-10-8-18(9-11-24)23(28)25-12-14-31-15-13-25/h1-7,16,18H,8-15H2. The first-order valence-electron chi connectivity index (χ1n) is 10.5. The third-order valence-corrected chi connectivity index (χ3v) is 5.98. The van der Waals surface area contributed by atoms with Crippen LogP contribution in [0.4, 0.5) is 11.4 Å². The summed E-state index contributed by atoms with van der Waals surface area (Å²) in [5.41, 5.74) is 1.19. The van der Waals surface area contributed by atoms with Crippen LogP contribution in [0, 0.1) is 16.0 Å². The molecule has 162 valence electrons. The topological polar surface area (TPSA) is 93.0 Å². The molecule has 2 aliphatic heterocycles. The molecule has 4 rings (SSSR count).